The second kappa shape index (κ2) is 8.38. The highest BCUT2D eigenvalue weighted by molar-refractivity contribution is 5.84. The molecule has 6 heteroatoms. The van der Waals surface area contributed by atoms with Gasteiger partial charge in [0.25, 0.3) is 0 Å². The van der Waals surface area contributed by atoms with Gasteiger partial charge in [-0.1, -0.05) is 18.2 Å². The molecule has 4 bridgehead atoms. The average Bonchev–Trinajstić information content (AvgIpc) is 3.05. The summed E-state index contributed by atoms with van der Waals surface area (Å²) < 4.78 is 1.92. The van der Waals surface area contributed by atoms with Crippen LogP contribution in [0.1, 0.15) is 61.9 Å². The Morgan fingerprint density at radius 1 is 1.00 bits per heavy atom. The highest BCUT2D eigenvalue weighted by Crippen LogP contribution is 2.60. The molecule has 0 radical (unpaired) electrons. The van der Waals surface area contributed by atoms with E-state index >= 15 is 0 Å². The minimum Gasteiger partial charge on any atom is -0.355 e. The molecule has 4 aliphatic carbocycles. The second-order valence-electron chi connectivity index (χ2n) is 10.4. The number of para-hydroxylation sites is 1. The highest BCUT2D eigenvalue weighted by atomic mass is 16.2. The smallest absolute Gasteiger partial charge is 0.226 e. The van der Waals surface area contributed by atoms with Crippen LogP contribution < -0.4 is 10.6 Å². The van der Waals surface area contributed by atoms with Gasteiger partial charge in [0.05, 0.1) is 11.4 Å². The zero-order valence-corrected chi connectivity index (χ0v) is 19.2. The fourth-order valence-electron chi connectivity index (χ4n) is 6.89. The van der Waals surface area contributed by atoms with Crippen molar-refractivity contribution in [1.29, 1.82) is 0 Å². The summed E-state index contributed by atoms with van der Waals surface area (Å²) in [6.45, 7) is 4.86. The van der Waals surface area contributed by atoms with Gasteiger partial charge >= 0.3 is 0 Å². The molecular formula is C26H34N4O2. The summed E-state index contributed by atoms with van der Waals surface area (Å²) in [4.78, 5) is 25.5. The maximum absolute atomic E-state index is 13.0. The van der Waals surface area contributed by atoms with Gasteiger partial charge in [0, 0.05) is 36.2 Å². The summed E-state index contributed by atoms with van der Waals surface area (Å²) in [6.07, 6.45) is 7.46. The predicted octanol–water partition coefficient (Wildman–Crippen LogP) is 3.83. The zero-order valence-electron chi connectivity index (χ0n) is 19.2. The van der Waals surface area contributed by atoms with Crippen molar-refractivity contribution >= 4 is 11.8 Å². The van der Waals surface area contributed by atoms with Crippen molar-refractivity contribution in [3.8, 4) is 5.69 Å². The van der Waals surface area contributed by atoms with Crippen molar-refractivity contribution in [3.05, 3.63) is 47.3 Å². The van der Waals surface area contributed by atoms with E-state index < -0.39 is 0 Å². The molecule has 0 spiro atoms. The van der Waals surface area contributed by atoms with Crippen LogP contribution in [-0.2, 0) is 16.1 Å². The number of nitrogens with one attached hydrogen (secondary N) is 2. The predicted molar refractivity (Wildman–Crippen MR) is 123 cm³/mol. The van der Waals surface area contributed by atoms with Crippen molar-refractivity contribution in [3.63, 3.8) is 0 Å². The molecule has 0 atom stereocenters. The van der Waals surface area contributed by atoms with E-state index in [2.05, 4.69) is 15.7 Å². The average molecular weight is 435 g/mol. The number of benzene rings is 1. The number of amides is 2. The van der Waals surface area contributed by atoms with Gasteiger partial charge in [0.1, 0.15) is 0 Å². The number of nitrogens with zero attached hydrogens (tertiary/aromatic N) is 2. The third-order valence-corrected chi connectivity index (χ3v) is 8.06. The van der Waals surface area contributed by atoms with Crippen molar-refractivity contribution in [2.75, 3.05) is 6.54 Å². The summed E-state index contributed by atoms with van der Waals surface area (Å²) >= 11 is 0. The summed E-state index contributed by atoms with van der Waals surface area (Å²) in [6, 6.07) is 10.0. The van der Waals surface area contributed by atoms with Crippen LogP contribution in [0.15, 0.2) is 30.3 Å². The third kappa shape index (κ3) is 3.96. The van der Waals surface area contributed by atoms with E-state index in [0.717, 1.165) is 59.7 Å². The van der Waals surface area contributed by atoms with Crippen LogP contribution in [-0.4, -0.2) is 28.1 Å². The molecule has 4 fully saturated rings. The Morgan fingerprint density at radius 2 is 1.62 bits per heavy atom. The molecule has 1 aromatic carbocycles. The Bertz CT molecular complexity index is 975. The van der Waals surface area contributed by atoms with E-state index in [1.165, 1.54) is 19.3 Å². The molecule has 6 rings (SSSR count). The molecule has 4 saturated carbocycles. The maximum atomic E-state index is 13.0. The van der Waals surface area contributed by atoms with Crippen LogP contribution in [0.2, 0.25) is 0 Å². The van der Waals surface area contributed by atoms with Gasteiger partial charge < -0.3 is 10.6 Å². The third-order valence-electron chi connectivity index (χ3n) is 8.06. The minimum atomic E-state index is -0.147. The molecule has 2 amide bonds. The molecule has 1 heterocycles. The number of aryl methyl sites for hydroxylation is 1. The van der Waals surface area contributed by atoms with Gasteiger partial charge in [0.2, 0.25) is 11.8 Å². The number of carbonyl (C=O) groups excluding carboxylic acids is 2. The van der Waals surface area contributed by atoms with Crippen molar-refractivity contribution in [1.82, 2.24) is 20.4 Å². The SMILES string of the molecule is Cc1nn(-c2ccccc2)c(C)c1CNC(=O)CCNC(=O)C12CC3CC(CC(C3)C1)C2. The molecule has 32 heavy (non-hydrogen) atoms. The number of carbonyl (C=O) groups is 2. The quantitative estimate of drug-likeness (QED) is 0.695. The number of hydrogen-bond donors (Lipinski definition) is 2. The van der Waals surface area contributed by atoms with Crippen molar-refractivity contribution in [2.45, 2.75) is 65.3 Å². The molecule has 4 aliphatic rings. The Balaban J connectivity index is 1.12. The molecule has 0 unspecified atom stereocenters. The highest BCUT2D eigenvalue weighted by Gasteiger charge is 2.54. The van der Waals surface area contributed by atoms with Gasteiger partial charge in [-0.2, -0.15) is 5.10 Å². The lowest BCUT2D eigenvalue weighted by Crippen LogP contribution is -2.53. The molecule has 2 aromatic rings. The van der Waals surface area contributed by atoms with Crippen molar-refractivity contribution < 1.29 is 9.59 Å². The van der Waals surface area contributed by atoms with E-state index in [1.54, 1.807) is 0 Å². The first-order valence-electron chi connectivity index (χ1n) is 12.1. The van der Waals surface area contributed by atoms with E-state index in [4.69, 9.17) is 0 Å². The largest absolute Gasteiger partial charge is 0.355 e. The van der Waals surface area contributed by atoms with Crippen molar-refractivity contribution in [2.24, 2.45) is 23.2 Å². The Kier molecular flexibility index (Phi) is 5.56. The first-order valence-corrected chi connectivity index (χ1v) is 12.1. The lowest BCUT2D eigenvalue weighted by molar-refractivity contribution is -0.146. The fourth-order valence-corrected chi connectivity index (χ4v) is 6.89. The maximum Gasteiger partial charge on any atom is 0.226 e. The van der Waals surface area contributed by atoms with Gasteiger partial charge in [-0.15, -0.1) is 0 Å². The minimum absolute atomic E-state index is 0.0397. The van der Waals surface area contributed by atoms with E-state index in [9.17, 15) is 9.59 Å². The lowest BCUT2D eigenvalue weighted by Gasteiger charge is -2.55. The van der Waals surface area contributed by atoms with Crippen LogP contribution in [0, 0.1) is 37.0 Å². The molecule has 2 N–H and O–H groups in total. The number of rotatable bonds is 7. The van der Waals surface area contributed by atoms with E-state index in [0.29, 0.717) is 19.5 Å². The van der Waals surface area contributed by atoms with Gasteiger partial charge in [-0.3, -0.25) is 9.59 Å². The molecule has 170 valence electrons. The second-order valence-corrected chi connectivity index (χ2v) is 10.4. The van der Waals surface area contributed by atoms with E-state index in [1.807, 2.05) is 48.9 Å². The Morgan fingerprint density at radius 3 is 2.25 bits per heavy atom. The molecular weight excluding hydrogens is 400 g/mol. The standard InChI is InChI=1S/C26H34N4O2/c1-17-23(18(2)30(29-17)22-6-4-3-5-7-22)16-28-24(31)8-9-27-25(32)26-13-19-10-20(14-26)12-21(11-19)15-26/h3-7,19-21H,8-16H2,1-2H3,(H,27,32)(H,28,31). The topological polar surface area (TPSA) is 76.0 Å². The number of hydrogen-bond acceptors (Lipinski definition) is 3. The van der Waals surface area contributed by atoms with Crippen LogP contribution in [0.3, 0.4) is 0 Å². The van der Waals surface area contributed by atoms with Crippen LogP contribution in [0.4, 0.5) is 0 Å². The molecule has 0 aliphatic heterocycles. The van der Waals surface area contributed by atoms with Gasteiger partial charge in [-0.25, -0.2) is 4.68 Å². The summed E-state index contributed by atoms with van der Waals surface area (Å²) in [5, 5.41) is 10.8. The molecule has 1 aromatic heterocycles. The van der Waals surface area contributed by atoms with Gasteiger partial charge in [0.15, 0.2) is 0 Å². The summed E-state index contributed by atoms with van der Waals surface area (Å²) in [7, 11) is 0. The van der Waals surface area contributed by atoms with Crippen LogP contribution in [0.25, 0.3) is 5.69 Å². The Hall–Kier alpha value is -2.63. The Labute approximate surface area is 190 Å². The molecule has 6 nitrogen and oxygen atoms in total. The van der Waals surface area contributed by atoms with Crippen LogP contribution >= 0.6 is 0 Å². The van der Waals surface area contributed by atoms with Crippen LogP contribution in [0.5, 0.6) is 0 Å². The summed E-state index contributed by atoms with van der Waals surface area (Å²) in [5.74, 6) is 2.40. The first kappa shape index (κ1) is 21.2. The van der Waals surface area contributed by atoms with Gasteiger partial charge in [-0.05, 0) is 82.3 Å². The molecule has 0 saturated heterocycles. The lowest BCUT2D eigenvalue weighted by atomic mass is 9.49. The number of aromatic nitrogens is 2. The first-order chi connectivity index (χ1) is 15.4. The monoisotopic (exact) mass is 434 g/mol. The van der Waals surface area contributed by atoms with E-state index in [-0.39, 0.29) is 17.2 Å². The summed E-state index contributed by atoms with van der Waals surface area (Å²) in [5.41, 5.74) is 3.86. The normalized spacial score (nSPS) is 28.0. The fraction of sp³-hybridized carbons (Fsp3) is 0.577. The zero-order chi connectivity index (χ0) is 22.3.